The summed E-state index contributed by atoms with van der Waals surface area (Å²) in [6, 6.07) is 1.96. The van der Waals surface area contributed by atoms with Crippen LogP contribution in [0.15, 0.2) is 0 Å². The molecule has 0 amide bonds. The van der Waals surface area contributed by atoms with Crippen molar-refractivity contribution in [2.75, 3.05) is 18.5 Å². The van der Waals surface area contributed by atoms with Crippen LogP contribution in [0.2, 0.25) is 5.15 Å². The van der Waals surface area contributed by atoms with Gasteiger partial charge in [-0.1, -0.05) is 36.8 Å². The molecule has 0 atom stereocenters. The van der Waals surface area contributed by atoms with Crippen molar-refractivity contribution in [3.63, 3.8) is 0 Å². The van der Waals surface area contributed by atoms with E-state index in [1.165, 1.54) is 11.3 Å². The van der Waals surface area contributed by atoms with Crippen LogP contribution in [0.3, 0.4) is 0 Å². The third-order valence-corrected chi connectivity index (χ3v) is 3.14. The van der Waals surface area contributed by atoms with Gasteiger partial charge in [0, 0.05) is 18.6 Å². The molecule has 0 fully saturated rings. The number of hydrogen-bond acceptors (Lipinski definition) is 5. The SMILES string of the molecule is CC(C)(CO)CNc1nc(Cl)c(C#N)s1. The van der Waals surface area contributed by atoms with Crippen molar-refractivity contribution in [2.45, 2.75) is 13.8 Å². The minimum absolute atomic E-state index is 0.0875. The Labute approximate surface area is 97.5 Å². The molecule has 6 heteroatoms. The van der Waals surface area contributed by atoms with Gasteiger partial charge in [0.25, 0.3) is 0 Å². The second-order valence-electron chi connectivity index (χ2n) is 3.93. The van der Waals surface area contributed by atoms with E-state index in [0.717, 1.165) is 0 Å². The molecule has 1 rings (SSSR count). The van der Waals surface area contributed by atoms with Crippen LogP contribution in [0.1, 0.15) is 18.7 Å². The molecule has 4 nitrogen and oxygen atoms in total. The van der Waals surface area contributed by atoms with Gasteiger partial charge in [-0.25, -0.2) is 4.98 Å². The van der Waals surface area contributed by atoms with E-state index < -0.39 is 0 Å². The van der Waals surface area contributed by atoms with Gasteiger partial charge in [0.1, 0.15) is 10.9 Å². The number of anilines is 1. The zero-order valence-electron chi connectivity index (χ0n) is 8.54. The molecule has 0 saturated carbocycles. The Balaban J connectivity index is 2.63. The van der Waals surface area contributed by atoms with Gasteiger partial charge in [0.15, 0.2) is 10.3 Å². The molecule has 0 aliphatic rings. The van der Waals surface area contributed by atoms with Crippen LogP contribution in [0.25, 0.3) is 0 Å². The predicted octanol–water partition coefficient (Wildman–Crippen LogP) is 2.10. The Bertz CT molecular complexity index is 383. The Morgan fingerprint density at radius 3 is 2.80 bits per heavy atom. The molecular weight excluding hydrogens is 234 g/mol. The first-order valence-electron chi connectivity index (χ1n) is 4.39. The molecule has 82 valence electrons. The molecule has 15 heavy (non-hydrogen) atoms. The number of nitriles is 1. The van der Waals surface area contributed by atoms with E-state index in [0.29, 0.717) is 16.6 Å². The monoisotopic (exact) mass is 245 g/mol. The first-order chi connectivity index (χ1) is 6.98. The number of hydrogen-bond donors (Lipinski definition) is 2. The lowest BCUT2D eigenvalue weighted by atomic mass is 9.95. The number of rotatable bonds is 4. The van der Waals surface area contributed by atoms with E-state index in [1.54, 1.807) is 0 Å². The second kappa shape index (κ2) is 4.79. The second-order valence-corrected chi connectivity index (χ2v) is 5.28. The fourth-order valence-electron chi connectivity index (χ4n) is 0.817. The Hall–Kier alpha value is -0.830. The third kappa shape index (κ3) is 3.34. The first-order valence-corrected chi connectivity index (χ1v) is 5.59. The standard InChI is InChI=1S/C9H12ClN3OS/c1-9(2,5-14)4-12-8-13-7(10)6(3-11)15-8/h14H,4-5H2,1-2H3,(H,12,13). The first kappa shape index (κ1) is 12.2. The van der Waals surface area contributed by atoms with Crippen molar-refractivity contribution < 1.29 is 5.11 Å². The summed E-state index contributed by atoms with van der Waals surface area (Å²) in [7, 11) is 0. The maximum atomic E-state index is 9.04. The van der Waals surface area contributed by atoms with Crippen molar-refractivity contribution in [3.05, 3.63) is 10.0 Å². The average Bonchev–Trinajstić information content (AvgIpc) is 2.56. The Kier molecular flexibility index (Phi) is 3.91. The molecule has 1 heterocycles. The Morgan fingerprint density at radius 1 is 1.67 bits per heavy atom. The molecule has 0 aromatic carbocycles. The third-order valence-electron chi connectivity index (χ3n) is 1.83. The van der Waals surface area contributed by atoms with Crippen LogP contribution >= 0.6 is 22.9 Å². The maximum absolute atomic E-state index is 9.04. The van der Waals surface area contributed by atoms with Crippen LogP contribution in [-0.2, 0) is 0 Å². The van der Waals surface area contributed by atoms with Gasteiger partial charge in [-0.2, -0.15) is 5.26 Å². The highest BCUT2D eigenvalue weighted by Gasteiger charge is 2.17. The summed E-state index contributed by atoms with van der Waals surface area (Å²) in [6.45, 7) is 4.53. The largest absolute Gasteiger partial charge is 0.396 e. The molecule has 0 aliphatic carbocycles. The number of aromatic nitrogens is 1. The molecule has 0 radical (unpaired) electrons. The summed E-state index contributed by atoms with van der Waals surface area (Å²) in [5.74, 6) is 0. The van der Waals surface area contributed by atoms with E-state index in [9.17, 15) is 0 Å². The zero-order chi connectivity index (χ0) is 11.5. The van der Waals surface area contributed by atoms with Gasteiger partial charge in [0.2, 0.25) is 0 Å². The quantitative estimate of drug-likeness (QED) is 0.853. The van der Waals surface area contributed by atoms with Gasteiger partial charge in [-0.3, -0.25) is 0 Å². The molecule has 0 saturated heterocycles. The summed E-state index contributed by atoms with van der Waals surface area (Å²) in [4.78, 5) is 4.39. The fraction of sp³-hybridized carbons (Fsp3) is 0.556. The van der Waals surface area contributed by atoms with Crippen LogP contribution in [0, 0.1) is 16.7 Å². The number of aliphatic hydroxyl groups excluding tert-OH is 1. The lowest BCUT2D eigenvalue weighted by Crippen LogP contribution is -2.26. The van der Waals surface area contributed by atoms with Gasteiger partial charge >= 0.3 is 0 Å². The van der Waals surface area contributed by atoms with E-state index in [2.05, 4.69) is 10.3 Å². The minimum atomic E-state index is -0.217. The molecule has 0 bridgehead atoms. The normalized spacial score (nSPS) is 11.1. The van der Waals surface area contributed by atoms with Crippen molar-refractivity contribution in [2.24, 2.45) is 5.41 Å². The highest BCUT2D eigenvalue weighted by molar-refractivity contribution is 7.16. The highest BCUT2D eigenvalue weighted by atomic mass is 35.5. The van der Waals surface area contributed by atoms with Crippen molar-refractivity contribution in [3.8, 4) is 6.07 Å². The van der Waals surface area contributed by atoms with E-state index in [4.69, 9.17) is 22.0 Å². The lowest BCUT2D eigenvalue weighted by Gasteiger charge is -2.21. The number of halogens is 1. The minimum Gasteiger partial charge on any atom is -0.396 e. The molecule has 1 aromatic heterocycles. The zero-order valence-corrected chi connectivity index (χ0v) is 10.1. The van der Waals surface area contributed by atoms with Crippen molar-refractivity contribution in [1.82, 2.24) is 4.98 Å². The number of aliphatic hydroxyl groups is 1. The molecule has 0 aliphatic heterocycles. The van der Waals surface area contributed by atoms with Gasteiger partial charge < -0.3 is 10.4 Å². The van der Waals surface area contributed by atoms with Crippen LogP contribution in [-0.4, -0.2) is 23.2 Å². The summed E-state index contributed by atoms with van der Waals surface area (Å²) < 4.78 is 0. The van der Waals surface area contributed by atoms with E-state index in [1.807, 2.05) is 19.9 Å². The van der Waals surface area contributed by atoms with Gasteiger partial charge in [-0.05, 0) is 0 Å². The van der Waals surface area contributed by atoms with Crippen LogP contribution in [0.4, 0.5) is 5.13 Å². The van der Waals surface area contributed by atoms with Crippen LogP contribution < -0.4 is 5.32 Å². The van der Waals surface area contributed by atoms with Gasteiger partial charge in [0.05, 0.1) is 0 Å². The van der Waals surface area contributed by atoms with Crippen molar-refractivity contribution in [1.29, 1.82) is 5.26 Å². The summed E-state index contributed by atoms with van der Waals surface area (Å²) in [5.41, 5.74) is -0.217. The summed E-state index contributed by atoms with van der Waals surface area (Å²) in [5, 5.41) is 21.6. The smallest absolute Gasteiger partial charge is 0.185 e. The lowest BCUT2D eigenvalue weighted by molar-refractivity contribution is 0.171. The van der Waals surface area contributed by atoms with E-state index in [-0.39, 0.29) is 17.2 Å². The average molecular weight is 246 g/mol. The summed E-state index contributed by atoms with van der Waals surface area (Å²) >= 11 is 6.93. The van der Waals surface area contributed by atoms with Gasteiger partial charge in [-0.15, -0.1) is 0 Å². The van der Waals surface area contributed by atoms with E-state index >= 15 is 0 Å². The number of nitrogens with zero attached hydrogens (tertiary/aromatic N) is 2. The topological polar surface area (TPSA) is 68.9 Å². The maximum Gasteiger partial charge on any atom is 0.185 e. The predicted molar refractivity (Wildman–Crippen MR) is 61.2 cm³/mol. The van der Waals surface area contributed by atoms with Crippen molar-refractivity contribution >= 4 is 28.1 Å². The Morgan fingerprint density at radius 2 is 2.33 bits per heavy atom. The number of thiazole rings is 1. The molecule has 0 spiro atoms. The number of nitrogens with one attached hydrogen (secondary N) is 1. The van der Waals surface area contributed by atoms with Crippen LogP contribution in [0.5, 0.6) is 0 Å². The molecule has 0 unspecified atom stereocenters. The fourth-order valence-corrected chi connectivity index (χ4v) is 1.76. The summed E-state index contributed by atoms with van der Waals surface area (Å²) in [6.07, 6.45) is 0. The highest BCUT2D eigenvalue weighted by Crippen LogP contribution is 2.26. The molecular formula is C9H12ClN3OS. The molecule has 2 N–H and O–H groups in total. The molecule has 1 aromatic rings.